The predicted molar refractivity (Wildman–Crippen MR) is 66.0 cm³/mol. The molecule has 4 heteroatoms. The molecule has 16 heavy (non-hydrogen) atoms. The second-order valence-electron chi connectivity index (χ2n) is 4.28. The van der Waals surface area contributed by atoms with E-state index in [1.165, 1.54) is 0 Å². The molecular weight excluding hydrogens is 224 g/mol. The van der Waals surface area contributed by atoms with E-state index in [-0.39, 0.29) is 12.2 Å². The minimum Gasteiger partial charge on any atom is -0.372 e. The number of hydrogen-bond donors (Lipinski definition) is 0. The third kappa shape index (κ3) is 2.66. The summed E-state index contributed by atoms with van der Waals surface area (Å²) in [6, 6.07) is 5.98. The van der Waals surface area contributed by atoms with E-state index in [1.807, 2.05) is 18.2 Å². The van der Waals surface area contributed by atoms with Gasteiger partial charge >= 0.3 is 0 Å². The number of nitrogens with zero attached hydrogens (tertiary/aromatic N) is 2. The summed E-state index contributed by atoms with van der Waals surface area (Å²) in [6.45, 7) is 5.97. The Hall–Kier alpha value is -0.800. The van der Waals surface area contributed by atoms with Crippen molar-refractivity contribution < 1.29 is 4.74 Å². The second kappa shape index (κ2) is 5.02. The first-order valence-corrected chi connectivity index (χ1v) is 6.15. The van der Waals surface area contributed by atoms with Crippen LogP contribution < -0.4 is 4.90 Å². The Kier molecular flexibility index (Phi) is 3.66. The number of rotatable bonds is 2. The second-order valence-corrected chi connectivity index (χ2v) is 4.55. The van der Waals surface area contributed by atoms with Crippen LogP contribution in [0, 0.1) is 0 Å². The maximum Gasteiger partial charge on any atom is 0.129 e. The molecule has 0 radical (unpaired) electrons. The Labute approximate surface area is 101 Å². The lowest BCUT2D eigenvalue weighted by molar-refractivity contribution is -0.00546. The number of pyridine rings is 1. The third-order valence-electron chi connectivity index (χ3n) is 2.67. The monoisotopic (exact) mass is 240 g/mol. The molecule has 1 fully saturated rings. The summed E-state index contributed by atoms with van der Waals surface area (Å²) in [7, 11) is 0. The van der Waals surface area contributed by atoms with Crippen LogP contribution in [0.5, 0.6) is 0 Å². The number of halogens is 1. The molecule has 0 N–H and O–H groups in total. The van der Waals surface area contributed by atoms with E-state index in [9.17, 15) is 0 Å². The zero-order valence-corrected chi connectivity index (χ0v) is 10.4. The standard InChI is InChI=1S/C12H17ClN2O/c1-9-7-15(8-10(2)16-9)12-5-3-4-11(6-13)14-12/h3-5,9-10H,6-8H2,1-2H3. The van der Waals surface area contributed by atoms with Crippen molar-refractivity contribution in [2.24, 2.45) is 0 Å². The summed E-state index contributed by atoms with van der Waals surface area (Å²) in [5.74, 6) is 1.46. The fourth-order valence-corrected chi connectivity index (χ4v) is 2.23. The third-order valence-corrected chi connectivity index (χ3v) is 2.95. The molecule has 2 unspecified atom stereocenters. The Balaban J connectivity index is 2.16. The molecule has 1 aliphatic rings. The number of anilines is 1. The zero-order chi connectivity index (χ0) is 11.5. The normalized spacial score (nSPS) is 25.8. The minimum atomic E-state index is 0.255. The van der Waals surface area contributed by atoms with Crippen LogP contribution in [-0.2, 0) is 10.6 Å². The molecule has 1 saturated heterocycles. The Morgan fingerprint density at radius 3 is 2.69 bits per heavy atom. The minimum absolute atomic E-state index is 0.255. The number of aromatic nitrogens is 1. The van der Waals surface area contributed by atoms with E-state index in [0.29, 0.717) is 5.88 Å². The molecule has 88 valence electrons. The van der Waals surface area contributed by atoms with Crippen molar-refractivity contribution in [3.63, 3.8) is 0 Å². The van der Waals surface area contributed by atoms with Crippen molar-refractivity contribution in [1.29, 1.82) is 0 Å². The molecule has 0 aliphatic carbocycles. The molecular formula is C12H17ClN2O. The van der Waals surface area contributed by atoms with Crippen LogP contribution >= 0.6 is 11.6 Å². The van der Waals surface area contributed by atoms with Crippen molar-refractivity contribution in [2.75, 3.05) is 18.0 Å². The molecule has 0 bridgehead atoms. The highest BCUT2D eigenvalue weighted by Gasteiger charge is 2.22. The highest BCUT2D eigenvalue weighted by atomic mass is 35.5. The van der Waals surface area contributed by atoms with Gasteiger partial charge in [0.05, 0.1) is 23.8 Å². The Morgan fingerprint density at radius 1 is 1.38 bits per heavy atom. The first-order chi connectivity index (χ1) is 7.69. The van der Waals surface area contributed by atoms with Gasteiger partial charge in [-0.3, -0.25) is 0 Å². The van der Waals surface area contributed by atoms with Gasteiger partial charge in [0.25, 0.3) is 0 Å². The molecule has 0 amide bonds. The molecule has 2 atom stereocenters. The lowest BCUT2D eigenvalue weighted by Gasteiger charge is -2.36. The highest BCUT2D eigenvalue weighted by Crippen LogP contribution is 2.18. The first kappa shape index (κ1) is 11.7. The molecule has 0 spiro atoms. The van der Waals surface area contributed by atoms with E-state index in [2.05, 4.69) is 23.7 Å². The van der Waals surface area contributed by atoms with Gasteiger partial charge in [-0.15, -0.1) is 11.6 Å². The highest BCUT2D eigenvalue weighted by molar-refractivity contribution is 6.16. The Morgan fingerprint density at radius 2 is 2.06 bits per heavy atom. The number of alkyl halides is 1. The van der Waals surface area contributed by atoms with Gasteiger partial charge in [-0.25, -0.2) is 4.98 Å². The molecule has 1 aromatic rings. The number of ether oxygens (including phenoxy) is 1. The zero-order valence-electron chi connectivity index (χ0n) is 9.69. The largest absolute Gasteiger partial charge is 0.372 e. The summed E-state index contributed by atoms with van der Waals surface area (Å²) in [4.78, 5) is 6.78. The molecule has 1 aromatic heterocycles. The van der Waals surface area contributed by atoms with Crippen LogP contribution in [0.15, 0.2) is 18.2 Å². The van der Waals surface area contributed by atoms with Crippen molar-refractivity contribution in [3.05, 3.63) is 23.9 Å². The lowest BCUT2D eigenvalue weighted by Crippen LogP contribution is -2.45. The van der Waals surface area contributed by atoms with Gasteiger partial charge in [0.2, 0.25) is 0 Å². The molecule has 1 aliphatic heterocycles. The van der Waals surface area contributed by atoms with E-state index in [4.69, 9.17) is 16.3 Å². The maximum atomic E-state index is 5.79. The Bertz CT molecular complexity index is 349. The molecule has 0 aromatic carbocycles. The van der Waals surface area contributed by atoms with Gasteiger partial charge in [-0.05, 0) is 26.0 Å². The van der Waals surface area contributed by atoms with Gasteiger partial charge in [0.1, 0.15) is 5.82 Å². The topological polar surface area (TPSA) is 25.4 Å². The van der Waals surface area contributed by atoms with E-state index >= 15 is 0 Å². The van der Waals surface area contributed by atoms with Crippen molar-refractivity contribution >= 4 is 17.4 Å². The summed E-state index contributed by atoms with van der Waals surface area (Å²) in [6.07, 6.45) is 0.510. The van der Waals surface area contributed by atoms with E-state index in [0.717, 1.165) is 24.6 Å². The fourth-order valence-electron chi connectivity index (χ4n) is 2.08. The van der Waals surface area contributed by atoms with Gasteiger partial charge in [-0.1, -0.05) is 6.07 Å². The van der Waals surface area contributed by atoms with Gasteiger partial charge in [0, 0.05) is 13.1 Å². The van der Waals surface area contributed by atoms with Crippen LogP contribution in [0.2, 0.25) is 0 Å². The van der Waals surface area contributed by atoms with E-state index < -0.39 is 0 Å². The number of morpholine rings is 1. The maximum absolute atomic E-state index is 5.79. The number of hydrogen-bond acceptors (Lipinski definition) is 3. The average molecular weight is 241 g/mol. The SMILES string of the molecule is CC1CN(c2cccc(CCl)n2)CC(C)O1. The molecule has 2 rings (SSSR count). The summed E-state index contributed by atoms with van der Waals surface area (Å²) < 4.78 is 5.70. The quantitative estimate of drug-likeness (QED) is 0.743. The predicted octanol–water partition coefficient (Wildman–Crippen LogP) is 2.43. The fraction of sp³-hybridized carbons (Fsp3) is 0.583. The molecule has 0 saturated carbocycles. The van der Waals surface area contributed by atoms with Gasteiger partial charge < -0.3 is 9.64 Å². The van der Waals surface area contributed by atoms with Crippen molar-refractivity contribution in [2.45, 2.75) is 31.9 Å². The van der Waals surface area contributed by atoms with E-state index in [1.54, 1.807) is 0 Å². The van der Waals surface area contributed by atoms with Crippen LogP contribution in [0.3, 0.4) is 0 Å². The summed E-state index contributed by atoms with van der Waals surface area (Å²) in [5, 5.41) is 0. The lowest BCUT2D eigenvalue weighted by atomic mass is 10.2. The van der Waals surface area contributed by atoms with Gasteiger partial charge in [0.15, 0.2) is 0 Å². The van der Waals surface area contributed by atoms with Gasteiger partial charge in [-0.2, -0.15) is 0 Å². The average Bonchev–Trinajstić information content (AvgIpc) is 2.28. The van der Waals surface area contributed by atoms with Crippen molar-refractivity contribution in [1.82, 2.24) is 4.98 Å². The summed E-state index contributed by atoms with van der Waals surface area (Å²) in [5.41, 5.74) is 0.922. The first-order valence-electron chi connectivity index (χ1n) is 5.61. The smallest absolute Gasteiger partial charge is 0.129 e. The summed E-state index contributed by atoms with van der Waals surface area (Å²) >= 11 is 5.79. The van der Waals surface area contributed by atoms with Crippen LogP contribution in [-0.4, -0.2) is 30.3 Å². The molecule has 3 nitrogen and oxygen atoms in total. The van der Waals surface area contributed by atoms with Crippen molar-refractivity contribution in [3.8, 4) is 0 Å². The van der Waals surface area contributed by atoms with Crippen LogP contribution in [0.25, 0.3) is 0 Å². The molecule has 2 heterocycles. The van der Waals surface area contributed by atoms with Crippen LogP contribution in [0.1, 0.15) is 19.5 Å². The van der Waals surface area contributed by atoms with Crippen LogP contribution in [0.4, 0.5) is 5.82 Å².